The molecule has 0 aliphatic carbocycles. The van der Waals surface area contributed by atoms with E-state index < -0.39 is 5.91 Å². The molecule has 0 saturated heterocycles. The molecule has 5 nitrogen and oxygen atoms in total. The fourth-order valence-electron chi connectivity index (χ4n) is 1.81. The third-order valence-electron chi connectivity index (χ3n) is 2.92. The summed E-state index contributed by atoms with van der Waals surface area (Å²) in [4.78, 5) is 11.6. The minimum atomic E-state index is -0.459. The Kier molecular flexibility index (Phi) is 5.65. The van der Waals surface area contributed by atoms with Crippen molar-refractivity contribution in [1.29, 1.82) is 0 Å². The smallest absolute Gasteiger partial charge is 0.265 e. The van der Waals surface area contributed by atoms with Crippen LogP contribution in [-0.2, 0) is 6.61 Å². The first-order valence-corrected chi connectivity index (χ1v) is 7.48. The Morgan fingerprint density at radius 2 is 2.00 bits per heavy atom. The van der Waals surface area contributed by atoms with Crippen LogP contribution in [0.4, 0.5) is 0 Å². The lowest BCUT2D eigenvalue weighted by Crippen LogP contribution is -2.30. The van der Waals surface area contributed by atoms with Gasteiger partial charge in [-0.05, 0) is 29.8 Å². The van der Waals surface area contributed by atoms with Crippen LogP contribution < -0.4 is 20.7 Å². The fraction of sp³-hybridized carbons (Fsp3) is 0.133. The fourth-order valence-corrected chi connectivity index (χ4v) is 2.34. The Labute approximate surface area is 141 Å². The molecule has 0 saturated carbocycles. The third kappa shape index (κ3) is 3.91. The van der Waals surface area contributed by atoms with Crippen molar-refractivity contribution in [1.82, 2.24) is 5.43 Å². The van der Waals surface area contributed by atoms with E-state index in [4.69, 9.17) is 26.9 Å². The van der Waals surface area contributed by atoms with Crippen LogP contribution in [-0.4, -0.2) is 13.0 Å². The van der Waals surface area contributed by atoms with Crippen molar-refractivity contribution in [2.45, 2.75) is 6.61 Å². The zero-order valence-corrected chi connectivity index (χ0v) is 14.1. The number of benzene rings is 2. The summed E-state index contributed by atoms with van der Waals surface area (Å²) in [7, 11) is 1.47. The van der Waals surface area contributed by atoms with Gasteiger partial charge in [0.05, 0.1) is 12.1 Å². The SMILES string of the molecule is COc1cc(C(=O)NN)cc(Cl)c1OCc1ccc(Br)cc1. The van der Waals surface area contributed by atoms with Gasteiger partial charge in [-0.2, -0.15) is 0 Å². The van der Waals surface area contributed by atoms with Crippen LogP contribution in [0.25, 0.3) is 0 Å². The van der Waals surface area contributed by atoms with Crippen molar-refractivity contribution >= 4 is 33.4 Å². The Hall–Kier alpha value is -1.76. The summed E-state index contributed by atoms with van der Waals surface area (Å²) in [5, 5.41) is 0.273. The number of amides is 1. The van der Waals surface area contributed by atoms with Gasteiger partial charge in [-0.3, -0.25) is 10.2 Å². The summed E-state index contributed by atoms with van der Waals surface area (Å²) in [6.45, 7) is 0.325. The number of hydrogen-bond donors (Lipinski definition) is 2. The topological polar surface area (TPSA) is 73.6 Å². The van der Waals surface area contributed by atoms with Gasteiger partial charge in [0.1, 0.15) is 6.61 Å². The summed E-state index contributed by atoms with van der Waals surface area (Å²) in [6.07, 6.45) is 0. The van der Waals surface area contributed by atoms with Crippen LogP contribution in [0.2, 0.25) is 5.02 Å². The molecule has 0 heterocycles. The Morgan fingerprint density at radius 1 is 1.32 bits per heavy atom. The second-order valence-corrected chi connectivity index (χ2v) is 5.70. The van der Waals surface area contributed by atoms with E-state index in [1.807, 2.05) is 29.7 Å². The van der Waals surface area contributed by atoms with Gasteiger partial charge in [-0.1, -0.05) is 39.7 Å². The number of hydrazine groups is 1. The van der Waals surface area contributed by atoms with Crippen molar-refractivity contribution in [3.63, 3.8) is 0 Å². The largest absolute Gasteiger partial charge is 0.493 e. The first-order chi connectivity index (χ1) is 10.5. The molecule has 22 heavy (non-hydrogen) atoms. The Bertz CT molecular complexity index is 677. The van der Waals surface area contributed by atoms with Gasteiger partial charge in [-0.15, -0.1) is 0 Å². The number of carbonyl (C=O) groups excluding carboxylic acids is 1. The normalized spacial score (nSPS) is 10.2. The summed E-state index contributed by atoms with van der Waals surface area (Å²) in [6, 6.07) is 10.7. The van der Waals surface area contributed by atoms with E-state index in [-0.39, 0.29) is 5.02 Å². The summed E-state index contributed by atoms with van der Waals surface area (Å²) in [5.41, 5.74) is 3.31. The lowest BCUT2D eigenvalue weighted by molar-refractivity contribution is 0.0953. The van der Waals surface area contributed by atoms with E-state index in [1.165, 1.54) is 19.2 Å². The molecule has 0 aliphatic heterocycles. The quantitative estimate of drug-likeness (QED) is 0.470. The van der Waals surface area contributed by atoms with E-state index in [0.717, 1.165) is 10.0 Å². The van der Waals surface area contributed by atoms with Gasteiger partial charge >= 0.3 is 0 Å². The molecule has 0 atom stereocenters. The van der Waals surface area contributed by atoms with Gasteiger partial charge in [0, 0.05) is 10.0 Å². The molecular formula is C15H14BrClN2O3. The number of carbonyl (C=O) groups is 1. The van der Waals surface area contributed by atoms with Gasteiger partial charge < -0.3 is 9.47 Å². The molecule has 0 radical (unpaired) electrons. The number of nitrogens with two attached hydrogens (primary N) is 1. The van der Waals surface area contributed by atoms with E-state index in [0.29, 0.717) is 23.7 Å². The maximum atomic E-state index is 11.6. The molecule has 1 amide bonds. The van der Waals surface area contributed by atoms with Gasteiger partial charge in [0.25, 0.3) is 5.91 Å². The molecule has 3 N–H and O–H groups in total. The zero-order chi connectivity index (χ0) is 16.1. The van der Waals surface area contributed by atoms with Gasteiger partial charge in [-0.25, -0.2) is 5.84 Å². The number of nitrogen functional groups attached to an aromatic ring is 1. The summed E-state index contributed by atoms with van der Waals surface area (Å²) >= 11 is 9.55. The highest BCUT2D eigenvalue weighted by atomic mass is 79.9. The van der Waals surface area contributed by atoms with Crippen LogP contribution in [0, 0.1) is 0 Å². The number of rotatable bonds is 5. The molecule has 2 aromatic rings. The average Bonchev–Trinajstić information content (AvgIpc) is 2.53. The summed E-state index contributed by atoms with van der Waals surface area (Å²) in [5.74, 6) is 5.39. The molecule has 0 unspecified atom stereocenters. The highest BCUT2D eigenvalue weighted by Gasteiger charge is 2.15. The Morgan fingerprint density at radius 3 is 2.59 bits per heavy atom. The van der Waals surface area contributed by atoms with Crippen molar-refractivity contribution in [2.24, 2.45) is 5.84 Å². The molecule has 0 aliphatic rings. The second kappa shape index (κ2) is 7.49. The number of ether oxygens (including phenoxy) is 2. The minimum Gasteiger partial charge on any atom is -0.493 e. The first kappa shape index (κ1) is 16.6. The van der Waals surface area contributed by atoms with E-state index in [9.17, 15) is 4.79 Å². The lowest BCUT2D eigenvalue weighted by atomic mass is 10.2. The van der Waals surface area contributed by atoms with Gasteiger partial charge in [0.2, 0.25) is 0 Å². The molecule has 0 aromatic heterocycles. The molecule has 0 bridgehead atoms. The maximum Gasteiger partial charge on any atom is 0.265 e. The first-order valence-electron chi connectivity index (χ1n) is 6.31. The number of hydrogen-bond acceptors (Lipinski definition) is 4. The van der Waals surface area contributed by atoms with Crippen LogP contribution in [0.1, 0.15) is 15.9 Å². The second-order valence-electron chi connectivity index (χ2n) is 4.38. The molecular weight excluding hydrogens is 372 g/mol. The Balaban J connectivity index is 2.23. The predicted molar refractivity (Wildman–Crippen MR) is 88.1 cm³/mol. The predicted octanol–water partition coefficient (Wildman–Crippen LogP) is 3.29. The highest BCUT2D eigenvalue weighted by molar-refractivity contribution is 9.10. The zero-order valence-electron chi connectivity index (χ0n) is 11.7. The number of halogens is 2. The van der Waals surface area contributed by atoms with Crippen LogP contribution in [0.5, 0.6) is 11.5 Å². The van der Waals surface area contributed by atoms with Crippen molar-refractivity contribution in [3.8, 4) is 11.5 Å². The van der Waals surface area contributed by atoms with Crippen molar-refractivity contribution < 1.29 is 14.3 Å². The molecule has 2 aromatic carbocycles. The number of methoxy groups -OCH3 is 1. The van der Waals surface area contributed by atoms with Crippen LogP contribution >= 0.6 is 27.5 Å². The average molecular weight is 386 g/mol. The molecule has 0 fully saturated rings. The van der Waals surface area contributed by atoms with E-state index in [1.54, 1.807) is 0 Å². The van der Waals surface area contributed by atoms with Crippen LogP contribution in [0.15, 0.2) is 40.9 Å². The molecule has 2 rings (SSSR count). The monoisotopic (exact) mass is 384 g/mol. The van der Waals surface area contributed by atoms with E-state index in [2.05, 4.69) is 15.9 Å². The third-order valence-corrected chi connectivity index (χ3v) is 3.73. The highest BCUT2D eigenvalue weighted by Crippen LogP contribution is 2.37. The lowest BCUT2D eigenvalue weighted by Gasteiger charge is -2.14. The standard InChI is InChI=1S/C15H14BrClN2O3/c1-21-13-7-10(15(20)19-18)6-12(17)14(13)22-8-9-2-4-11(16)5-3-9/h2-7H,8,18H2,1H3,(H,19,20). The van der Waals surface area contributed by atoms with Crippen molar-refractivity contribution in [2.75, 3.05) is 7.11 Å². The number of nitrogens with one attached hydrogen (secondary N) is 1. The summed E-state index contributed by atoms with van der Waals surface area (Å²) < 4.78 is 11.9. The van der Waals surface area contributed by atoms with E-state index >= 15 is 0 Å². The van der Waals surface area contributed by atoms with Gasteiger partial charge in [0.15, 0.2) is 11.5 Å². The maximum absolute atomic E-state index is 11.6. The molecule has 7 heteroatoms. The molecule has 0 spiro atoms. The minimum absolute atomic E-state index is 0.273. The van der Waals surface area contributed by atoms with Crippen LogP contribution in [0.3, 0.4) is 0 Å². The van der Waals surface area contributed by atoms with Crippen molar-refractivity contribution in [3.05, 3.63) is 57.0 Å². The molecule has 116 valence electrons.